The summed E-state index contributed by atoms with van der Waals surface area (Å²) >= 11 is 0. The van der Waals surface area contributed by atoms with Gasteiger partial charge in [-0.3, -0.25) is 14.7 Å². The topological polar surface area (TPSA) is 78.1 Å². The lowest BCUT2D eigenvalue weighted by Crippen LogP contribution is -2.49. The quantitative estimate of drug-likeness (QED) is 0.873. The van der Waals surface area contributed by atoms with E-state index in [1.54, 1.807) is 4.90 Å². The zero-order valence-corrected chi connectivity index (χ0v) is 11.9. The average Bonchev–Trinajstić information content (AvgIpc) is 2.90. The van der Waals surface area contributed by atoms with Gasteiger partial charge in [-0.05, 0) is 18.9 Å². The molecule has 1 aromatic carbocycles. The summed E-state index contributed by atoms with van der Waals surface area (Å²) in [6.07, 6.45) is 1.80. The predicted molar refractivity (Wildman–Crippen MR) is 78.8 cm³/mol. The Morgan fingerprint density at radius 2 is 2.19 bits per heavy atom. The van der Waals surface area contributed by atoms with Crippen LogP contribution in [-0.2, 0) is 4.79 Å². The number of carbonyl (C=O) groups is 2. The van der Waals surface area contributed by atoms with Gasteiger partial charge in [-0.1, -0.05) is 18.2 Å². The molecule has 2 N–H and O–H groups in total. The van der Waals surface area contributed by atoms with Crippen LogP contribution in [0.25, 0.3) is 10.9 Å². The summed E-state index contributed by atoms with van der Waals surface area (Å²) in [5.41, 5.74) is 1.31. The monoisotopic (exact) mass is 286 g/mol. The van der Waals surface area contributed by atoms with E-state index in [9.17, 15) is 9.59 Å². The SMILES string of the molecule is CC(=O)NC1CCCN(C(=O)c2n[nH]c3ccccc23)C1. The molecule has 1 fully saturated rings. The molecule has 1 aliphatic rings. The van der Waals surface area contributed by atoms with Crippen LogP contribution in [-0.4, -0.2) is 46.0 Å². The molecular formula is C15H18N4O2. The van der Waals surface area contributed by atoms with Gasteiger partial charge >= 0.3 is 0 Å². The van der Waals surface area contributed by atoms with Gasteiger partial charge in [0, 0.05) is 31.4 Å². The summed E-state index contributed by atoms with van der Waals surface area (Å²) in [5.74, 6) is -0.137. The molecule has 0 saturated carbocycles. The number of piperidine rings is 1. The first-order valence-electron chi connectivity index (χ1n) is 7.14. The van der Waals surface area contributed by atoms with Gasteiger partial charge in [-0.25, -0.2) is 0 Å². The highest BCUT2D eigenvalue weighted by atomic mass is 16.2. The molecule has 0 spiro atoms. The van der Waals surface area contributed by atoms with E-state index < -0.39 is 0 Å². The highest BCUT2D eigenvalue weighted by Crippen LogP contribution is 2.19. The van der Waals surface area contributed by atoms with E-state index in [0.29, 0.717) is 18.8 Å². The Balaban J connectivity index is 1.80. The molecule has 1 aromatic heterocycles. The maximum atomic E-state index is 12.6. The number of likely N-dealkylation sites (tertiary alicyclic amines) is 1. The fraction of sp³-hybridized carbons (Fsp3) is 0.400. The second-order valence-electron chi connectivity index (χ2n) is 5.41. The Kier molecular flexibility index (Phi) is 3.60. The van der Waals surface area contributed by atoms with Crippen molar-refractivity contribution in [2.24, 2.45) is 0 Å². The first-order valence-corrected chi connectivity index (χ1v) is 7.14. The van der Waals surface area contributed by atoms with Crippen molar-refractivity contribution in [1.82, 2.24) is 20.4 Å². The normalized spacial score (nSPS) is 18.7. The van der Waals surface area contributed by atoms with Crippen LogP contribution in [0.2, 0.25) is 0 Å². The Morgan fingerprint density at radius 1 is 1.38 bits per heavy atom. The Labute approximate surface area is 122 Å². The first-order chi connectivity index (χ1) is 10.1. The van der Waals surface area contributed by atoms with E-state index in [1.807, 2.05) is 24.3 Å². The molecule has 1 saturated heterocycles. The number of benzene rings is 1. The van der Waals surface area contributed by atoms with Crippen molar-refractivity contribution in [2.75, 3.05) is 13.1 Å². The van der Waals surface area contributed by atoms with Crippen LogP contribution in [0.4, 0.5) is 0 Å². The molecule has 0 bridgehead atoms. The van der Waals surface area contributed by atoms with Crippen LogP contribution in [0.15, 0.2) is 24.3 Å². The molecule has 6 nitrogen and oxygen atoms in total. The highest BCUT2D eigenvalue weighted by molar-refractivity contribution is 6.04. The minimum absolute atomic E-state index is 0.0328. The number of para-hydroxylation sites is 1. The summed E-state index contributed by atoms with van der Waals surface area (Å²) in [4.78, 5) is 25.6. The summed E-state index contributed by atoms with van der Waals surface area (Å²) in [7, 11) is 0. The van der Waals surface area contributed by atoms with Crippen molar-refractivity contribution in [3.63, 3.8) is 0 Å². The minimum Gasteiger partial charge on any atom is -0.352 e. The number of rotatable bonds is 2. The molecule has 0 aliphatic carbocycles. The average molecular weight is 286 g/mol. The Bertz CT molecular complexity index is 679. The number of aromatic nitrogens is 2. The number of hydrogen-bond donors (Lipinski definition) is 2. The smallest absolute Gasteiger partial charge is 0.275 e. The largest absolute Gasteiger partial charge is 0.352 e. The number of hydrogen-bond acceptors (Lipinski definition) is 3. The van der Waals surface area contributed by atoms with Crippen LogP contribution < -0.4 is 5.32 Å². The lowest BCUT2D eigenvalue weighted by Gasteiger charge is -2.32. The van der Waals surface area contributed by atoms with Gasteiger partial charge in [0.2, 0.25) is 5.91 Å². The van der Waals surface area contributed by atoms with Gasteiger partial charge in [-0.2, -0.15) is 5.10 Å². The Morgan fingerprint density at radius 3 is 3.00 bits per heavy atom. The maximum Gasteiger partial charge on any atom is 0.275 e. The molecule has 21 heavy (non-hydrogen) atoms. The van der Waals surface area contributed by atoms with E-state index in [0.717, 1.165) is 23.7 Å². The maximum absolute atomic E-state index is 12.6. The van der Waals surface area contributed by atoms with Crippen molar-refractivity contribution in [1.29, 1.82) is 0 Å². The van der Waals surface area contributed by atoms with Gasteiger partial charge in [0.25, 0.3) is 5.91 Å². The van der Waals surface area contributed by atoms with Crippen molar-refractivity contribution in [3.05, 3.63) is 30.0 Å². The number of nitrogens with one attached hydrogen (secondary N) is 2. The van der Waals surface area contributed by atoms with Crippen LogP contribution in [0.1, 0.15) is 30.3 Å². The van der Waals surface area contributed by atoms with Gasteiger partial charge in [0.05, 0.1) is 5.52 Å². The predicted octanol–water partition coefficient (Wildman–Crippen LogP) is 1.30. The lowest BCUT2D eigenvalue weighted by molar-refractivity contribution is -0.120. The van der Waals surface area contributed by atoms with Crippen LogP contribution in [0.5, 0.6) is 0 Å². The minimum atomic E-state index is -0.0810. The van der Waals surface area contributed by atoms with E-state index in [-0.39, 0.29) is 17.9 Å². The second-order valence-corrected chi connectivity index (χ2v) is 5.41. The number of carbonyl (C=O) groups excluding carboxylic acids is 2. The fourth-order valence-electron chi connectivity index (χ4n) is 2.84. The summed E-state index contributed by atoms with van der Waals surface area (Å²) < 4.78 is 0. The standard InChI is InChI=1S/C15H18N4O2/c1-10(20)16-11-5-4-8-19(9-11)15(21)14-12-6-2-3-7-13(12)17-18-14/h2-3,6-7,11H,4-5,8-9H2,1H3,(H,16,20)(H,17,18). The molecule has 1 atom stereocenters. The molecule has 1 aliphatic heterocycles. The summed E-state index contributed by atoms with van der Waals surface area (Å²) in [6.45, 7) is 2.75. The van der Waals surface area contributed by atoms with Crippen molar-refractivity contribution in [2.45, 2.75) is 25.8 Å². The van der Waals surface area contributed by atoms with E-state index >= 15 is 0 Å². The van der Waals surface area contributed by atoms with Gasteiger partial charge in [0.1, 0.15) is 0 Å². The van der Waals surface area contributed by atoms with E-state index in [1.165, 1.54) is 6.92 Å². The number of aromatic amines is 1. The third-order valence-corrected chi connectivity index (χ3v) is 3.79. The number of amides is 2. The number of nitrogens with zero attached hydrogens (tertiary/aromatic N) is 2. The molecule has 1 unspecified atom stereocenters. The van der Waals surface area contributed by atoms with Crippen molar-refractivity contribution in [3.8, 4) is 0 Å². The third-order valence-electron chi connectivity index (χ3n) is 3.79. The Hall–Kier alpha value is -2.37. The summed E-state index contributed by atoms with van der Waals surface area (Å²) in [6, 6.07) is 7.62. The number of H-pyrrole nitrogens is 1. The second kappa shape index (κ2) is 5.55. The van der Waals surface area contributed by atoms with Crippen molar-refractivity contribution >= 4 is 22.7 Å². The molecule has 0 radical (unpaired) electrons. The van der Waals surface area contributed by atoms with Gasteiger partial charge in [0.15, 0.2) is 5.69 Å². The van der Waals surface area contributed by atoms with Crippen LogP contribution in [0, 0.1) is 0 Å². The summed E-state index contributed by atoms with van der Waals surface area (Å²) in [5, 5.41) is 10.8. The van der Waals surface area contributed by atoms with Crippen molar-refractivity contribution < 1.29 is 9.59 Å². The fourth-order valence-corrected chi connectivity index (χ4v) is 2.84. The van der Waals surface area contributed by atoms with Crippen LogP contribution in [0.3, 0.4) is 0 Å². The highest BCUT2D eigenvalue weighted by Gasteiger charge is 2.27. The molecular weight excluding hydrogens is 268 g/mol. The molecule has 2 heterocycles. The molecule has 2 aromatic rings. The third kappa shape index (κ3) is 2.74. The van der Waals surface area contributed by atoms with E-state index in [4.69, 9.17) is 0 Å². The van der Waals surface area contributed by atoms with Gasteiger partial charge in [-0.15, -0.1) is 0 Å². The van der Waals surface area contributed by atoms with E-state index in [2.05, 4.69) is 15.5 Å². The lowest BCUT2D eigenvalue weighted by atomic mass is 10.0. The molecule has 2 amide bonds. The zero-order chi connectivity index (χ0) is 14.8. The van der Waals surface area contributed by atoms with Crippen LogP contribution >= 0.6 is 0 Å². The number of fused-ring (bicyclic) bond motifs is 1. The molecule has 6 heteroatoms. The zero-order valence-electron chi connectivity index (χ0n) is 11.9. The first kappa shape index (κ1) is 13.6. The van der Waals surface area contributed by atoms with Gasteiger partial charge < -0.3 is 10.2 Å². The molecule has 110 valence electrons. The molecule has 3 rings (SSSR count).